The van der Waals surface area contributed by atoms with Crippen molar-refractivity contribution in [3.63, 3.8) is 0 Å². The number of H-pyrrole nitrogens is 1. The van der Waals surface area contributed by atoms with Crippen LogP contribution in [0.3, 0.4) is 0 Å². The summed E-state index contributed by atoms with van der Waals surface area (Å²) in [6.07, 6.45) is 5.45. The minimum Gasteiger partial charge on any atom is -0.353 e. The molecule has 0 radical (unpaired) electrons. The van der Waals surface area contributed by atoms with Crippen molar-refractivity contribution in [3.8, 4) is 0 Å². The highest BCUT2D eigenvalue weighted by Gasteiger charge is 2.06. The van der Waals surface area contributed by atoms with E-state index in [1.807, 2.05) is 13.1 Å². The van der Waals surface area contributed by atoms with Gasteiger partial charge in [0.1, 0.15) is 0 Å². The molecule has 0 aliphatic heterocycles. The van der Waals surface area contributed by atoms with Crippen LogP contribution >= 0.6 is 0 Å². The van der Waals surface area contributed by atoms with Gasteiger partial charge in [0.25, 0.3) is 0 Å². The summed E-state index contributed by atoms with van der Waals surface area (Å²) in [5, 5.41) is 0. The van der Waals surface area contributed by atoms with Crippen LogP contribution in [0, 0.1) is 6.92 Å². The molecule has 2 heteroatoms. The Bertz CT molecular complexity index is 506. The van der Waals surface area contributed by atoms with Gasteiger partial charge in [-0.25, -0.2) is 0 Å². The second-order valence-corrected chi connectivity index (χ2v) is 3.27. The maximum Gasteiger partial charge on any atom is 0.0957 e. The van der Waals surface area contributed by atoms with E-state index in [4.69, 9.17) is 0 Å². The van der Waals surface area contributed by atoms with Crippen LogP contribution in [0.15, 0.2) is 25.4 Å². The molecular formula is C12H12N2. The van der Waals surface area contributed by atoms with E-state index in [2.05, 4.69) is 29.2 Å². The zero-order valence-corrected chi connectivity index (χ0v) is 8.17. The molecule has 2 nitrogen and oxygen atoms in total. The number of nitrogens with one attached hydrogen (secondary N) is 1. The van der Waals surface area contributed by atoms with Gasteiger partial charge in [-0.3, -0.25) is 4.98 Å². The Labute approximate surface area is 83.0 Å². The lowest BCUT2D eigenvalue weighted by molar-refractivity contribution is 1.33. The largest absolute Gasteiger partial charge is 0.353 e. The van der Waals surface area contributed by atoms with E-state index in [0.717, 1.165) is 27.9 Å². The summed E-state index contributed by atoms with van der Waals surface area (Å²) < 4.78 is 0. The average molecular weight is 184 g/mol. The van der Waals surface area contributed by atoms with Gasteiger partial charge in [-0.15, -0.1) is 0 Å². The van der Waals surface area contributed by atoms with Crippen LogP contribution in [0.1, 0.15) is 16.8 Å². The van der Waals surface area contributed by atoms with Gasteiger partial charge < -0.3 is 4.98 Å². The van der Waals surface area contributed by atoms with Gasteiger partial charge in [0.2, 0.25) is 0 Å². The molecule has 0 atom stereocenters. The quantitative estimate of drug-likeness (QED) is 0.763. The van der Waals surface area contributed by atoms with Gasteiger partial charge in [0.15, 0.2) is 0 Å². The summed E-state index contributed by atoms with van der Waals surface area (Å²) in [6, 6.07) is 2.07. The molecule has 0 bridgehead atoms. The highest BCUT2D eigenvalue weighted by atomic mass is 14.8. The van der Waals surface area contributed by atoms with Crippen LogP contribution in [0.2, 0.25) is 0 Å². The lowest BCUT2D eigenvalue weighted by atomic mass is 10.2. The van der Waals surface area contributed by atoms with Gasteiger partial charge in [-0.05, 0) is 24.6 Å². The molecule has 70 valence electrons. The van der Waals surface area contributed by atoms with Crippen LogP contribution in [-0.4, -0.2) is 9.97 Å². The number of fused-ring (bicyclic) bond motifs is 1. The smallest absolute Gasteiger partial charge is 0.0957 e. The molecule has 2 aromatic rings. The van der Waals surface area contributed by atoms with E-state index >= 15 is 0 Å². The van der Waals surface area contributed by atoms with Crippen LogP contribution < -0.4 is 0 Å². The molecule has 0 aliphatic carbocycles. The Balaban J connectivity index is 2.86. The van der Waals surface area contributed by atoms with Crippen LogP contribution in [0.25, 0.3) is 23.2 Å². The number of rotatable bonds is 2. The highest BCUT2D eigenvalue weighted by Crippen LogP contribution is 2.22. The number of aryl methyl sites for hydroxylation is 1. The van der Waals surface area contributed by atoms with Crippen molar-refractivity contribution in [1.29, 1.82) is 0 Å². The molecular weight excluding hydrogens is 172 g/mol. The van der Waals surface area contributed by atoms with Gasteiger partial charge in [0.05, 0.1) is 11.0 Å². The molecule has 0 aliphatic rings. The summed E-state index contributed by atoms with van der Waals surface area (Å²) in [4.78, 5) is 7.62. The molecule has 2 rings (SSSR count). The number of hydrogen-bond acceptors (Lipinski definition) is 1. The molecule has 2 heterocycles. The Morgan fingerprint density at radius 2 is 2.14 bits per heavy atom. The summed E-state index contributed by atoms with van der Waals surface area (Å²) in [6.45, 7) is 9.55. The molecule has 0 fully saturated rings. The normalized spacial score (nSPS) is 10.4. The third-order valence-corrected chi connectivity index (χ3v) is 2.25. The molecule has 0 unspecified atom stereocenters. The Morgan fingerprint density at radius 3 is 2.79 bits per heavy atom. The van der Waals surface area contributed by atoms with Crippen molar-refractivity contribution in [3.05, 3.63) is 42.2 Å². The summed E-state index contributed by atoms with van der Waals surface area (Å²) in [5.74, 6) is 0. The fourth-order valence-corrected chi connectivity index (χ4v) is 1.59. The van der Waals surface area contributed by atoms with Gasteiger partial charge in [-0.1, -0.05) is 19.2 Å². The maximum absolute atomic E-state index is 4.37. The van der Waals surface area contributed by atoms with Crippen molar-refractivity contribution in [2.45, 2.75) is 6.92 Å². The van der Waals surface area contributed by atoms with E-state index < -0.39 is 0 Å². The van der Waals surface area contributed by atoms with Gasteiger partial charge in [-0.2, -0.15) is 0 Å². The maximum atomic E-state index is 4.37. The van der Waals surface area contributed by atoms with Crippen molar-refractivity contribution in [2.24, 2.45) is 0 Å². The Kier molecular flexibility index (Phi) is 1.97. The first-order valence-corrected chi connectivity index (χ1v) is 4.49. The first kappa shape index (κ1) is 8.75. The molecule has 1 N–H and O–H groups in total. The Hall–Kier alpha value is -1.83. The molecule has 0 saturated heterocycles. The zero-order chi connectivity index (χ0) is 10.1. The SMILES string of the molecule is C=Cc1[nH]c2cc(C)cnc2c1C=C. The predicted octanol–water partition coefficient (Wildman–Crippen LogP) is 3.16. The monoisotopic (exact) mass is 184 g/mol. The van der Waals surface area contributed by atoms with E-state index in [-0.39, 0.29) is 0 Å². The molecule has 0 saturated carbocycles. The fourth-order valence-electron chi connectivity index (χ4n) is 1.59. The van der Waals surface area contributed by atoms with E-state index in [9.17, 15) is 0 Å². The van der Waals surface area contributed by atoms with E-state index in [1.54, 1.807) is 12.2 Å². The van der Waals surface area contributed by atoms with E-state index in [0.29, 0.717) is 0 Å². The topological polar surface area (TPSA) is 28.7 Å². The second-order valence-electron chi connectivity index (χ2n) is 3.27. The van der Waals surface area contributed by atoms with Gasteiger partial charge >= 0.3 is 0 Å². The number of pyridine rings is 1. The number of aromatic amines is 1. The van der Waals surface area contributed by atoms with Crippen LogP contribution in [0.4, 0.5) is 0 Å². The third kappa shape index (κ3) is 1.16. The summed E-state index contributed by atoms with van der Waals surface area (Å²) in [7, 11) is 0. The Morgan fingerprint density at radius 1 is 1.36 bits per heavy atom. The lowest BCUT2D eigenvalue weighted by Gasteiger charge is -1.92. The van der Waals surface area contributed by atoms with E-state index in [1.165, 1.54) is 0 Å². The van der Waals surface area contributed by atoms with Crippen molar-refractivity contribution >= 4 is 23.2 Å². The van der Waals surface area contributed by atoms with Crippen molar-refractivity contribution < 1.29 is 0 Å². The van der Waals surface area contributed by atoms with Gasteiger partial charge in [0, 0.05) is 17.5 Å². The first-order chi connectivity index (χ1) is 6.76. The first-order valence-electron chi connectivity index (χ1n) is 4.49. The molecule has 0 spiro atoms. The third-order valence-electron chi connectivity index (χ3n) is 2.25. The minimum atomic E-state index is 0.959. The summed E-state index contributed by atoms with van der Waals surface area (Å²) >= 11 is 0. The fraction of sp³-hybridized carbons (Fsp3) is 0.0833. The van der Waals surface area contributed by atoms with Crippen molar-refractivity contribution in [2.75, 3.05) is 0 Å². The van der Waals surface area contributed by atoms with Crippen LogP contribution in [-0.2, 0) is 0 Å². The average Bonchev–Trinajstić information content (AvgIpc) is 2.54. The number of aromatic nitrogens is 2. The second kappa shape index (κ2) is 3.14. The predicted molar refractivity (Wildman–Crippen MR) is 61.0 cm³/mol. The lowest BCUT2D eigenvalue weighted by Crippen LogP contribution is -1.78. The number of nitrogens with zero attached hydrogens (tertiary/aromatic N) is 1. The van der Waals surface area contributed by atoms with Crippen LogP contribution in [0.5, 0.6) is 0 Å². The standard InChI is InChI=1S/C12H12N2/c1-4-9-10(5-2)14-11-6-8(3)7-13-12(9)11/h4-7,14H,1-2H2,3H3. The summed E-state index contributed by atoms with van der Waals surface area (Å²) in [5.41, 5.74) is 5.14. The van der Waals surface area contributed by atoms with Crippen molar-refractivity contribution in [1.82, 2.24) is 9.97 Å². The molecule has 14 heavy (non-hydrogen) atoms. The minimum absolute atomic E-state index is 0.959. The highest BCUT2D eigenvalue weighted by molar-refractivity contribution is 5.89. The zero-order valence-electron chi connectivity index (χ0n) is 8.17. The molecule has 2 aromatic heterocycles. The molecule has 0 aromatic carbocycles. The number of hydrogen-bond donors (Lipinski definition) is 1. The molecule has 0 amide bonds.